The normalized spacial score (nSPS) is 18.4. The van der Waals surface area contributed by atoms with E-state index >= 15 is 0 Å². The molecule has 2 rings (SSSR count). The molecule has 0 radical (unpaired) electrons. The highest BCUT2D eigenvalue weighted by atomic mass is 35.5. The number of nitrogens with zero attached hydrogens (tertiary/aromatic N) is 5. The van der Waals surface area contributed by atoms with Crippen molar-refractivity contribution in [2.75, 3.05) is 31.1 Å². The third-order valence-corrected chi connectivity index (χ3v) is 3.54. The minimum Gasteiger partial charge on any atom is -0.366 e. The van der Waals surface area contributed by atoms with Crippen LogP contribution in [0.25, 0.3) is 0 Å². The van der Waals surface area contributed by atoms with Crippen LogP contribution in [0.4, 0.5) is 5.69 Å². The van der Waals surface area contributed by atoms with Gasteiger partial charge in [-0.15, -0.1) is 10.2 Å². The van der Waals surface area contributed by atoms with E-state index in [0.717, 1.165) is 31.9 Å². The molecular weight excluding hydrogens is 273 g/mol. The van der Waals surface area contributed by atoms with Gasteiger partial charge in [-0.25, -0.2) is 0 Å². The SMILES string of the molecule is CC(C#N)N1CCN(c2cc(Cl)nnc2Cl)CC1. The summed E-state index contributed by atoms with van der Waals surface area (Å²) in [6.45, 7) is 5.16. The minimum absolute atomic E-state index is 0.0539. The molecule has 7 heteroatoms. The van der Waals surface area contributed by atoms with Crippen molar-refractivity contribution in [3.63, 3.8) is 0 Å². The van der Waals surface area contributed by atoms with Crippen molar-refractivity contribution in [3.8, 4) is 6.07 Å². The van der Waals surface area contributed by atoms with Crippen LogP contribution in [0.5, 0.6) is 0 Å². The molecule has 2 heterocycles. The summed E-state index contributed by atoms with van der Waals surface area (Å²) in [6, 6.07) is 3.92. The molecule has 0 amide bonds. The van der Waals surface area contributed by atoms with Crippen LogP contribution < -0.4 is 4.90 Å². The zero-order valence-electron chi connectivity index (χ0n) is 9.98. The van der Waals surface area contributed by atoms with Gasteiger partial charge in [0, 0.05) is 32.2 Å². The topological polar surface area (TPSA) is 56.1 Å². The molecule has 1 aliphatic heterocycles. The molecule has 1 fully saturated rings. The molecule has 5 nitrogen and oxygen atoms in total. The van der Waals surface area contributed by atoms with Gasteiger partial charge in [-0.1, -0.05) is 23.2 Å². The second kappa shape index (κ2) is 5.70. The van der Waals surface area contributed by atoms with Gasteiger partial charge in [0.1, 0.15) is 0 Å². The van der Waals surface area contributed by atoms with E-state index in [9.17, 15) is 0 Å². The van der Waals surface area contributed by atoms with Crippen LogP contribution in [0, 0.1) is 11.3 Å². The van der Waals surface area contributed by atoms with E-state index in [1.165, 1.54) is 0 Å². The first kappa shape index (κ1) is 13.3. The number of halogens is 2. The fourth-order valence-corrected chi connectivity index (χ4v) is 2.35. The van der Waals surface area contributed by atoms with Crippen LogP contribution >= 0.6 is 23.2 Å². The molecule has 0 spiro atoms. The van der Waals surface area contributed by atoms with Crippen LogP contribution in [0.2, 0.25) is 10.3 Å². The van der Waals surface area contributed by atoms with Crippen LogP contribution in [-0.2, 0) is 0 Å². The van der Waals surface area contributed by atoms with Crippen molar-refractivity contribution < 1.29 is 0 Å². The highest BCUT2D eigenvalue weighted by Gasteiger charge is 2.22. The number of hydrogen-bond acceptors (Lipinski definition) is 5. The second-order valence-corrected chi connectivity index (χ2v) is 4.92. The zero-order valence-corrected chi connectivity index (χ0v) is 11.5. The van der Waals surface area contributed by atoms with Gasteiger partial charge in [0.05, 0.1) is 17.8 Å². The Bertz CT molecular complexity index is 465. The molecule has 1 atom stereocenters. The average molecular weight is 286 g/mol. The van der Waals surface area contributed by atoms with Crippen molar-refractivity contribution >= 4 is 28.9 Å². The van der Waals surface area contributed by atoms with E-state index in [1.54, 1.807) is 6.07 Å². The summed E-state index contributed by atoms with van der Waals surface area (Å²) in [7, 11) is 0. The number of nitriles is 1. The van der Waals surface area contributed by atoms with Crippen molar-refractivity contribution in [1.82, 2.24) is 15.1 Å². The molecule has 1 aliphatic rings. The summed E-state index contributed by atoms with van der Waals surface area (Å²) < 4.78 is 0. The third-order valence-electron chi connectivity index (χ3n) is 3.09. The Hall–Kier alpha value is -1.09. The lowest BCUT2D eigenvalue weighted by molar-refractivity contribution is 0.231. The molecular formula is C11H13Cl2N5. The van der Waals surface area contributed by atoms with E-state index in [2.05, 4.69) is 26.1 Å². The summed E-state index contributed by atoms with van der Waals surface area (Å²) in [4.78, 5) is 4.25. The summed E-state index contributed by atoms with van der Waals surface area (Å²) in [6.07, 6.45) is 0. The Kier molecular flexibility index (Phi) is 4.23. The number of anilines is 1. The standard InChI is InChI=1S/C11H13Cl2N5/c1-8(7-14)17-2-4-18(5-3-17)9-6-10(12)15-16-11(9)13/h6,8H,2-5H2,1H3. The smallest absolute Gasteiger partial charge is 0.175 e. The van der Waals surface area contributed by atoms with Gasteiger partial charge in [-0.2, -0.15) is 5.26 Å². The second-order valence-electron chi connectivity index (χ2n) is 4.17. The Balaban J connectivity index is 2.06. The molecule has 0 aromatic carbocycles. The van der Waals surface area contributed by atoms with Crippen molar-refractivity contribution in [1.29, 1.82) is 5.26 Å². The lowest BCUT2D eigenvalue weighted by atomic mass is 10.2. The number of aromatic nitrogens is 2. The van der Waals surface area contributed by atoms with Crippen molar-refractivity contribution in [2.45, 2.75) is 13.0 Å². The van der Waals surface area contributed by atoms with E-state index in [4.69, 9.17) is 28.5 Å². The third kappa shape index (κ3) is 2.83. The molecule has 0 aliphatic carbocycles. The minimum atomic E-state index is -0.0539. The average Bonchev–Trinajstić information content (AvgIpc) is 2.41. The van der Waals surface area contributed by atoms with E-state index in [0.29, 0.717) is 10.3 Å². The first-order chi connectivity index (χ1) is 8.61. The van der Waals surface area contributed by atoms with Crippen molar-refractivity contribution in [2.24, 2.45) is 0 Å². The van der Waals surface area contributed by atoms with Gasteiger partial charge < -0.3 is 4.90 Å². The molecule has 18 heavy (non-hydrogen) atoms. The highest BCUT2D eigenvalue weighted by Crippen LogP contribution is 2.26. The first-order valence-electron chi connectivity index (χ1n) is 5.69. The van der Waals surface area contributed by atoms with Gasteiger partial charge in [0.25, 0.3) is 0 Å². The maximum Gasteiger partial charge on any atom is 0.175 e. The van der Waals surface area contributed by atoms with E-state index in [1.807, 2.05) is 6.92 Å². The zero-order chi connectivity index (χ0) is 13.1. The molecule has 1 saturated heterocycles. The van der Waals surface area contributed by atoms with Gasteiger partial charge >= 0.3 is 0 Å². The lowest BCUT2D eigenvalue weighted by Crippen LogP contribution is -2.49. The molecule has 1 unspecified atom stereocenters. The highest BCUT2D eigenvalue weighted by molar-refractivity contribution is 6.33. The molecule has 1 aromatic heterocycles. The fourth-order valence-electron chi connectivity index (χ4n) is 2.00. The Morgan fingerprint density at radius 3 is 2.56 bits per heavy atom. The van der Waals surface area contributed by atoms with E-state index < -0.39 is 0 Å². The van der Waals surface area contributed by atoms with Crippen molar-refractivity contribution in [3.05, 3.63) is 16.4 Å². The van der Waals surface area contributed by atoms with E-state index in [-0.39, 0.29) is 6.04 Å². The largest absolute Gasteiger partial charge is 0.366 e. The monoisotopic (exact) mass is 285 g/mol. The molecule has 96 valence electrons. The number of hydrogen-bond donors (Lipinski definition) is 0. The predicted octanol–water partition coefficient (Wildman–Crippen LogP) is 1.82. The molecule has 1 aromatic rings. The number of rotatable bonds is 2. The summed E-state index contributed by atoms with van der Waals surface area (Å²) in [5.74, 6) is 0. The lowest BCUT2D eigenvalue weighted by Gasteiger charge is -2.37. The fraction of sp³-hybridized carbons (Fsp3) is 0.545. The summed E-state index contributed by atoms with van der Waals surface area (Å²) in [5.41, 5.74) is 0.806. The van der Waals surface area contributed by atoms with Gasteiger partial charge in [0.2, 0.25) is 0 Å². The summed E-state index contributed by atoms with van der Waals surface area (Å²) in [5, 5.41) is 17.1. The van der Waals surface area contributed by atoms with Crippen LogP contribution in [-0.4, -0.2) is 47.3 Å². The Morgan fingerprint density at radius 1 is 1.28 bits per heavy atom. The van der Waals surface area contributed by atoms with Gasteiger partial charge in [-0.05, 0) is 6.92 Å². The number of piperazine rings is 1. The first-order valence-corrected chi connectivity index (χ1v) is 6.44. The van der Waals surface area contributed by atoms with Crippen LogP contribution in [0.1, 0.15) is 6.92 Å². The van der Waals surface area contributed by atoms with Gasteiger partial charge in [-0.3, -0.25) is 4.90 Å². The maximum atomic E-state index is 8.89. The quantitative estimate of drug-likeness (QED) is 0.830. The predicted molar refractivity (Wildman–Crippen MR) is 70.9 cm³/mol. The molecule has 0 saturated carbocycles. The molecule has 0 bridgehead atoms. The van der Waals surface area contributed by atoms with Crippen LogP contribution in [0.15, 0.2) is 6.07 Å². The van der Waals surface area contributed by atoms with Gasteiger partial charge in [0.15, 0.2) is 10.3 Å². The maximum absolute atomic E-state index is 8.89. The Morgan fingerprint density at radius 2 is 1.94 bits per heavy atom. The molecule has 0 N–H and O–H groups in total. The van der Waals surface area contributed by atoms with Crippen LogP contribution in [0.3, 0.4) is 0 Å². The summed E-state index contributed by atoms with van der Waals surface area (Å²) >= 11 is 11.8. The Labute approximate surface area is 116 Å².